The van der Waals surface area contributed by atoms with E-state index in [9.17, 15) is 8.42 Å². The lowest BCUT2D eigenvalue weighted by Gasteiger charge is -2.11. The Hall–Kier alpha value is -1.55. The molecule has 0 atom stereocenters. The van der Waals surface area contributed by atoms with E-state index in [0.29, 0.717) is 11.3 Å². The Morgan fingerprint density at radius 1 is 1.39 bits per heavy atom. The van der Waals surface area contributed by atoms with E-state index >= 15 is 0 Å². The van der Waals surface area contributed by atoms with Gasteiger partial charge in [-0.15, -0.1) is 0 Å². The molecule has 0 saturated carbocycles. The maximum absolute atomic E-state index is 11.7. The fraction of sp³-hybridized carbons (Fsp3) is 0.333. The normalized spacial score (nSPS) is 10.9. The summed E-state index contributed by atoms with van der Waals surface area (Å²) in [6, 6.07) is 6.67. The van der Waals surface area contributed by atoms with Crippen LogP contribution < -0.4 is 15.2 Å². The number of benzene rings is 1. The van der Waals surface area contributed by atoms with Crippen molar-refractivity contribution >= 4 is 15.9 Å². The molecule has 0 saturated heterocycles. The molecule has 4 N–H and O–H groups in total. The van der Waals surface area contributed by atoms with Crippen molar-refractivity contribution in [2.75, 3.05) is 11.3 Å². The van der Waals surface area contributed by atoms with Gasteiger partial charge in [0.2, 0.25) is 0 Å². The third-order valence-corrected chi connectivity index (χ3v) is 3.13. The van der Waals surface area contributed by atoms with Gasteiger partial charge in [0.15, 0.2) is 0 Å². The molecule has 1 aromatic rings. The van der Waals surface area contributed by atoms with Crippen LogP contribution in [0.4, 0.5) is 5.69 Å². The molecule has 5 nitrogen and oxygen atoms in total. The van der Waals surface area contributed by atoms with Crippen molar-refractivity contribution in [3.05, 3.63) is 29.8 Å². The van der Waals surface area contributed by atoms with Crippen LogP contribution in [0.25, 0.3) is 0 Å². The van der Waals surface area contributed by atoms with Gasteiger partial charge in [-0.2, -0.15) is 13.1 Å². The zero-order chi connectivity index (χ0) is 13.6. The summed E-state index contributed by atoms with van der Waals surface area (Å²) in [7, 11) is -3.54. The second-order valence-electron chi connectivity index (χ2n) is 3.96. The van der Waals surface area contributed by atoms with Gasteiger partial charge in [0, 0.05) is 11.6 Å². The average Bonchev–Trinajstić information content (AvgIpc) is 2.24. The molecular formula is C12H17N3O2S. The van der Waals surface area contributed by atoms with Gasteiger partial charge in [0.05, 0.1) is 12.2 Å². The molecule has 0 aliphatic heterocycles. The number of rotatable bonds is 4. The number of nitrogens with one attached hydrogen (secondary N) is 2. The SMILES string of the molecule is CC(C)NS(=O)(=O)Nc1cccc(C#CCN)c1. The molecule has 0 heterocycles. The van der Waals surface area contributed by atoms with E-state index in [2.05, 4.69) is 21.3 Å². The number of anilines is 1. The van der Waals surface area contributed by atoms with Gasteiger partial charge < -0.3 is 5.73 Å². The van der Waals surface area contributed by atoms with Crippen LogP contribution in [0.2, 0.25) is 0 Å². The van der Waals surface area contributed by atoms with E-state index in [-0.39, 0.29) is 12.6 Å². The van der Waals surface area contributed by atoms with Crippen molar-refractivity contribution in [3.63, 3.8) is 0 Å². The Morgan fingerprint density at radius 3 is 2.72 bits per heavy atom. The summed E-state index contributed by atoms with van der Waals surface area (Å²) in [5.74, 6) is 5.55. The molecule has 98 valence electrons. The van der Waals surface area contributed by atoms with E-state index in [1.54, 1.807) is 38.1 Å². The van der Waals surface area contributed by atoms with Crippen molar-refractivity contribution in [1.82, 2.24) is 4.72 Å². The Labute approximate surface area is 108 Å². The van der Waals surface area contributed by atoms with Gasteiger partial charge in [-0.25, -0.2) is 0 Å². The molecule has 0 spiro atoms. The summed E-state index contributed by atoms with van der Waals surface area (Å²) in [4.78, 5) is 0. The zero-order valence-electron chi connectivity index (χ0n) is 10.4. The first-order valence-electron chi connectivity index (χ1n) is 5.52. The van der Waals surface area contributed by atoms with Crippen molar-refractivity contribution in [2.45, 2.75) is 19.9 Å². The number of hydrogen-bond acceptors (Lipinski definition) is 3. The average molecular weight is 267 g/mol. The molecule has 0 aromatic heterocycles. The van der Waals surface area contributed by atoms with E-state index in [1.807, 2.05) is 0 Å². The summed E-state index contributed by atoms with van der Waals surface area (Å²) in [6.07, 6.45) is 0. The molecule has 0 fully saturated rings. The van der Waals surface area contributed by atoms with Crippen LogP contribution in [0.3, 0.4) is 0 Å². The van der Waals surface area contributed by atoms with Crippen LogP contribution in [0.15, 0.2) is 24.3 Å². The van der Waals surface area contributed by atoms with Gasteiger partial charge in [-0.1, -0.05) is 17.9 Å². The fourth-order valence-electron chi connectivity index (χ4n) is 1.31. The maximum atomic E-state index is 11.7. The van der Waals surface area contributed by atoms with Crippen LogP contribution >= 0.6 is 0 Å². The number of nitrogens with two attached hydrogens (primary N) is 1. The van der Waals surface area contributed by atoms with E-state index in [1.165, 1.54) is 0 Å². The van der Waals surface area contributed by atoms with Gasteiger partial charge >= 0.3 is 0 Å². The van der Waals surface area contributed by atoms with Gasteiger partial charge in [-0.05, 0) is 32.0 Å². The molecule has 0 unspecified atom stereocenters. The molecule has 6 heteroatoms. The third kappa shape index (κ3) is 5.19. The largest absolute Gasteiger partial charge is 0.320 e. The quantitative estimate of drug-likeness (QED) is 0.700. The molecule has 0 aliphatic rings. The lowest BCUT2D eigenvalue weighted by Crippen LogP contribution is -2.35. The summed E-state index contributed by atoms with van der Waals surface area (Å²) < 4.78 is 28.2. The van der Waals surface area contributed by atoms with Crippen molar-refractivity contribution < 1.29 is 8.42 Å². The maximum Gasteiger partial charge on any atom is 0.299 e. The highest BCUT2D eigenvalue weighted by molar-refractivity contribution is 7.90. The molecule has 0 bridgehead atoms. The molecule has 0 amide bonds. The van der Waals surface area contributed by atoms with Gasteiger partial charge in [0.25, 0.3) is 10.2 Å². The second-order valence-corrected chi connectivity index (χ2v) is 5.41. The fourth-order valence-corrected chi connectivity index (χ4v) is 2.43. The first kappa shape index (κ1) is 14.5. The van der Waals surface area contributed by atoms with Crippen molar-refractivity contribution in [3.8, 4) is 11.8 Å². The zero-order valence-corrected chi connectivity index (χ0v) is 11.2. The summed E-state index contributed by atoms with van der Waals surface area (Å²) in [5.41, 5.74) is 6.45. The molecule has 0 aliphatic carbocycles. The first-order chi connectivity index (χ1) is 8.43. The van der Waals surface area contributed by atoms with Gasteiger partial charge in [0.1, 0.15) is 0 Å². The van der Waals surface area contributed by atoms with Gasteiger partial charge in [-0.3, -0.25) is 4.72 Å². The van der Waals surface area contributed by atoms with Crippen LogP contribution in [-0.2, 0) is 10.2 Å². The third-order valence-electron chi connectivity index (χ3n) is 1.84. The molecular weight excluding hydrogens is 250 g/mol. The minimum Gasteiger partial charge on any atom is -0.320 e. The minimum atomic E-state index is -3.54. The minimum absolute atomic E-state index is 0.164. The monoisotopic (exact) mass is 267 g/mol. The van der Waals surface area contributed by atoms with E-state index in [0.717, 1.165) is 0 Å². The Morgan fingerprint density at radius 2 is 2.11 bits per heavy atom. The predicted octanol–water partition coefficient (Wildman–Crippen LogP) is 0.651. The number of hydrogen-bond donors (Lipinski definition) is 3. The highest BCUT2D eigenvalue weighted by atomic mass is 32.2. The Kier molecular flexibility index (Phi) is 5.16. The van der Waals surface area contributed by atoms with Crippen LogP contribution in [-0.4, -0.2) is 21.0 Å². The molecule has 1 rings (SSSR count). The molecule has 1 aromatic carbocycles. The Bertz CT molecular complexity index is 556. The summed E-state index contributed by atoms with van der Waals surface area (Å²) >= 11 is 0. The lowest BCUT2D eigenvalue weighted by atomic mass is 10.2. The van der Waals surface area contributed by atoms with E-state index in [4.69, 9.17) is 5.73 Å². The molecule has 18 heavy (non-hydrogen) atoms. The second kappa shape index (κ2) is 6.40. The highest BCUT2D eigenvalue weighted by Gasteiger charge is 2.10. The topological polar surface area (TPSA) is 84.2 Å². The van der Waals surface area contributed by atoms with Crippen molar-refractivity contribution in [2.24, 2.45) is 5.73 Å². The van der Waals surface area contributed by atoms with E-state index < -0.39 is 10.2 Å². The summed E-state index contributed by atoms with van der Waals surface area (Å²) in [6.45, 7) is 3.77. The Balaban J connectivity index is 2.85. The van der Waals surface area contributed by atoms with Crippen LogP contribution in [0.1, 0.15) is 19.4 Å². The standard InChI is InChI=1S/C12H17N3O2S/c1-10(2)14-18(16,17)15-12-7-3-5-11(9-12)6-4-8-13/h3,5,7,9-10,14-15H,8,13H2,1-2H3. The first-order valence-corrected chi connectivity index (χ1v) is 7.00. The predicted molar refractivity (Wildman–Crippen MR) is 73.2 cm³/mol. The lowest BCUT2D eigenvalue weighted by molar-refractivity contribution is 0.575. The van der Waals surface area contributed by atoms with Crippen LogP contribution in [0, 0.1) is 11.8 Å². The summed E-state index contributed by atoms with van der Waals surface area (Å²) in [5, 5.41) is 0. The molecule has 0 radical (unpaired) electrons. The smallest absolute Gasteiger partial charge is 0.299 e. The van der Waals surface area contributed by atoms with Crippen molar-refractivity contribution in [1.29, 1.82) is 0 Å². The van der Waals surface area contributed by atoms with Crippen LogP contribution in [0.5, 0.6) is 0 Å². The highest BCUT2D eigenvalue weighted by Crippen LogP contribution is 2.11.